The molecule has 6 heteroatoms. The van der Waals surface area contributed by atoms with E-state index in [0.29, 0.717) is 29.8 Å². The summed E-state index contributed by atoms with van der Waals surface area (Å²) >= 11 is 0. The zero-order valence-corrected chi connectivity index (χ0v) is 14.7. The molecule has 2 unspecified atom stereocenters. The van der Waals surface area contributed by atoms with E-state index in [1.807, 2.05) is 6.92 Å². The first-order valence-corrected chi connectivity index (χ1v) is 9.56. The van der Waals surface area contributed by atoms with E-state index in [-0.39, 0.29) is 12.1 Å². The number of aromatic nitrogens is 2. The van der Waals surface area contributed by atoms with Gasteiger partial charge in [0.05, 0.1) is 0 Å². The van der Waals surface area contributed by atoms with Crippen molar-refractivity contribution < 1.29 is 9.32 Å². The Morgan fingerprint density at radius 3 is 2.50 bits per heavy atom. The standard InChI is InChI=1S/C18H28N4O2/c1-11(17-20-16(21-24-17)14-5-3-4-6-14)19-18(23)22(15-9-10-15)12(2)13-7-8-13/h11-15H,3-10H2,1-2H3,(H,19,23). The van der Waals surface area contributed by atoms with E-state index < -0.39 is 0 Å². The number of nitrogens with zero attached hydrogens (tertiary/aromatic N) is 3. The van der Waals surface area contributed by atoms with Gasteiger partial charge in [0.15, 0.2) is 5.82 Å². The van der Waals surface area contributed by atoms with E-state index in [4.69, 9.17) is 4.52 Å². The third-order valence-electron chi connectivity index (χ3n) is 5.81. The lowest BCUT2D eigenvalue weighted by atomic mass is 10.1. The highest BCUT2D eigenvalue weighted by Crippen LogP contribution is 2.40. The molecule has 1 aromatic heterocycles. The Morgan fingerprint density at radius 1 is 1.17 bits per heavy atom. The number of amides is 2. The highest BCUT2D eigenvalue weighted by molar-refractivity contribution is 5.75. The molecule has 0 radical (unpaired) electrons. The molecule has 6 nitrogen and oxygen atoms in total. The Hall–Kier alpha value is -1.59. The number of rotatable bonds is 6. The molecule has 3 aliphatic carbocycles. The summed E-state index contributed by atoms with van der Waals surface area (Å²) in [5.41, 5.74) is 0. The Bertz CT molecular complexity index is 588. The van der Waals surface area contributed by atoms with E-state index in [1.165, 1.54) is 25.7 Å². The number of carbonyl (C=O) groups is 1. The second-order valence-corrected chi connectivity index (χ2v) is 7.86. The highest BCUT2D eigenvalue weighted by atomic mass is 16.5. The van der Waals surface area contributed by atoms with Crippen LogP contribution in [0.3, 0.4) is 0 Å². The van der Waals surface area contributed by atoms with Gasteiger partial charge in [0.2, 0.25) is 5.89 Å². The fourth-order valence-corrected chi connectivity index (χ4v) is 3.94. The Balaban J connectivity index is 1.39. The SMILES string of the molecule is CC(NC(=O)N(C1CC1)C(C)C1CC1)c1nc(C2CCCC2)no1. The maximum Gasteiger partial charge on any atom is 0.318 e. The molecule has 1 aromatic rings. The van der Waals surface area contributed by atoms with Gasteiger partial charge in [-0.3, -0.25) is 0 Å². The second kappa shape index (κ2) is 6.37. The maximum atomic E-state index is 12.8. The van der Waals surface area contributed by atoms with Crippen molar-refractivity contribution in [3.63, 3.8) is 0 Å². The average molecular weight is 332 g/mol. The highest BCUT2D eigenvalue weighted by Gasteiger charge is 2.42. The van der Waals surface area contributed by atoms with Crippen LogP contribution in [0.2, 0.25) is 0 Å². The number of hydrogen-bond acceptors (Lipinski definition) is 4. The van der Waals surface area contributed by atoms with Crippen molar-refractivity contribution in [2.24, 2.45) is 5.92 Å². The van der Waals surface area contributed by atoms with Gasteiger partial charge in [0.25, 0.3) is 0 Å². The first-order valence-electron chi connectivity index (χ1n) is 9.56. The summed E-state index contributed by atoms with van der Waals surface area (Å²) < 4.78 is 5.42. The van der Waals surface area contributed by atoms with Crippen molar-refractivity contribution in [1.82, 2.24) is 20.4 Å². The third kappa shape index (κ3) is 3.28. The van der Waals surface area contributed by atoms with Crippen LogP contribution in [-0.2, 0) is 0 Å². The number of hydrogen-bond donors (Lipinski definition) is 1. The monoisotopic (exact) mass is 332 g/mol. The van der Waals surface area contributed by atoms with Gasteiger partial charge in [-0.15, -0.1) is 0 Å². The molecule has 0 aromatic carbocycles. The predicted molar refractivity (Wildman–Crippen MR) is 89.5 cm³/mol. The van der Waals surface area contributed by atoms with E-state index in [0.717, 1.165) is 31.5 Å². The fourth-order valence-electron chi connectivity index (χ4n) is 3.94. The zero-order valence-electron chi connectivity index (χ0n) is 14.7. The van der Waals surface area contributed by atoms with E-state index >= 15 is 0 Å². The fraction of sp³-hybridized carbons (Fsp3) is 0.833. The molecule has 2 amide bonds. The van der Waals surface area contributed by atoms with Crippen LogP contribution in [0.15, 0.2) is 4.52 Å². The second-order valence-electron chi connectivity index (χ2n) is 7.86. The van der Waals surface area contributed by atoms with Crippen molar-refractivity contribution in [3.05, 3.63) is 11.7 Å². The molecule has 4 rings (SSSR count). The molecule has 1 N–H and O–H groups in total. The minimum Gasteiger partial charge on any atom is -0.337 e. The molecule has 0 aliphatic heterocycles. The molecular weight excluding hydrogens is 304 g/mol. The molecular formula is C18H28N4O2. The van der Waals surface area contributed by atoms with Crippen LogP contribution in [-0.4, -0.2) is 33.2 Å². The largest absolute Gasteiger partial charge is 0.337 e. The Morgan fingerprint density at radius 2 is 1.88 bits per heavy atom. The van der Waals surface area contributed by atoms with Crippen LogP contribution in [0.25, 0.3) is 0 Å². The molecule has 3 aliphatic rings. The van der Waals surface area contributed by atoms with Crippen LogP contribution in [0.1, 0.15) is 88.9 Å². The smallest absolute Gasteiger partial charge is 0.318 e. The summed E-state index contributed by atoms with van der Waals surface area (Å²) in [7, 11) is 0. The van der Waals surface area contributed by atoms with Crippen LogP contribution < -0.4 is 5.32 Å². The van der Waals surface area contributed by atoms with Crippen LogP contribution in [0.5, 0.6) is 0 Å². The van der Waals surface area contributed by atoms with Gasteiger partial charge in [0, 0.05) is 18.0 Å². The Kier molecular flexibility index (Phi) is 4.22. The van der Waals surface area contributed by atoms with Gasteiger partial charge >= 0.3 is 6.03 Å². The summed E-state index contributed by atoms with van der Waals surface area (Å²) in [6.07, 6.45) is 9.55. The van der Waals surface area contributed by atoms with Crippen molar-refractivity contribution in [3.8, 4) is 0 Å². The topological polar surface area (TPSA) is 71.3 Å². The van der Waals surface area contributed by atoms with E-state index in [2.05, 4.69) is 27.3 Å². The predicted octanol–water partition coefficient (Wildman–Crippen LogP) is 3.76. The molecule has 1 heterocycles. The molecule has 0 saturated heterocycles. The van der Waals surface area contributed by atoms with E-state index in [1.54, 1.807) is 0 Å². The average Bonchev–Trinajstić information content (AvgIpc) is 3.46. The summed E-state index contributed by atoms with van der Waals surface area (Å²) in [5.74, 6) is 2.46. The van der Waals surface area contributed by atoms with Gasteiger partial charge in [-0.1, -0.05) is 18.0 Å². The molecule has 3 fully saturated rings. The molecule has 24 heavy (non-hydrogen) atoms. The summed E-state index contributed by atoms with van der Waals surface area (Å²) in [6.45, 7) is 4.11. The molecule has 2 atom stereocenters. The van der Waals surface area contributed by atoms with Crippen molar-refractivity contribution in [1.29, 1.82) is 0 Å². The minimum atomic E-state index is -0.243. The molecule has 0 bridgehead atoms. The van der Waals surface area contributed by atoms with Gasteiger partial charge in [-0.2, -0.15) is 4.98 Å². The number of carbonyl (C=O) groups excluding carboxylic acids is 1. The van der Waals surface area contributed by atoms with Crippen molar-refractivity contribution in [2.75, 3.05) is 0 Å². The van der Waals surface area contributed by atoms with Gasteiger partial charge in [-0.25, -0.2) is 4.79 Å². The van der Waals surface area contributed by atoms with E-state index in [9.17, 15) is 4.79 Å². The van der Waals surface area contributed by atoms with Gasteiger partial charge in [0.1, 0.15) is 6.04 Å². The lowest BCUT2D eigenvalue weighted by Crippen LogP contribution is -2.47. The molecule has 0 spiro atoms. The van der Waals surface area contributed by atoms with Crippen LogP contribution in [0.4, 0.5) is 4.79 Å². The van der Waals surface area contributed by atoms with Crippen molar-refractivity contribution >= 4 is 6.03 Å². The number of urea groups is 1. The normalized spacial score (nSPS) is 23.9. The van der Waals surface area contributed by atoms with Crippen molar-refractivity contribution in [2.45, 2.75) is 89.3 Å². The zero-order chi connectivity index (χ0) is 16.7. The Labute approximate surface area is 143 Å². The summed E-state index contributed by atoms with van der Waals surface area (Å²) in [5, 5.41) is 7.22. The number of nitrogens with one attached hydrogen (secondary N) is 1. The summed E-state index contributed by atoms with van der Waals surface area (Å²) in [4.78, 5) is 19.4. The first-order chi connectivity index (χ1) is 11.6. The summed E-state index contributed by atoms with van der Waals surface area (Å²) in [6, 6.07) is 0.531. The first kappa shape index (κ1) is 15.9. The lowest BCUT2D eigenvalue weighted by molar-refractivity contribution is 0.162. The maximum absolute atomic E-state index is 12.8. The molecule has 3 saturated carbocycles. The van der Waals surface area contributed by atoms with Gasteiger partial charge < -0.3 is 14.7 Å². The van der Waals surface area contributed by atoms with Gasteiger partial charge in [-0.05, 0) is 58.3 Å². The minimum absolute atomic E-state index is 0.0185. The van der Waals surface area contributed by atoms with Crippen LogP contribution >= 0.6 is 0 Å². The van der Waals surface area contributed by atoms with Crippen LogP contribution in [0, 0.1) is 5.92 Å². The molecule has 132 valence electrons. The lowest BCUT2D eigenvalue weighted by Gasteiger charge is -2.30. The third-order valence-corrected chi connectivity index (χ3v) is 5.81. The quantitative estimate of drug-likeness (QED) is 0.861.